The Balaban J connectivity index is 1.95. The third-order valence-corrected chi connectivity index (χ3v) is 3.73. The zero-order chi connectivity index (χ0) is 11.5. The Bertz CT molecular complexity index is 340. The Morgan fingerprint density at radius 2 is 2.19 bits per heavy atom. The van der Waals surface area contributed by atoms with Crippen molar-refractivity contribution in [1.82, 2.24) is 9.88 Å². The van der Waals surface area contributed by atoms with Crippen LogP contribution in [0.5, 0.6) is 0 Å². The molecule has 3 nitrogen and oxygen atoms in total. The molecule has 0 radical (unpaired) electrons. The molecule has 1 aliphatic heterocycles. The quantitative estimate of drug-likeness (QED) is 0.854. The van der Waals surface area contributed by atoms with Crippen molar-refractivity contribution in [3.05, 3.63) is 22.5 Å². The molecule has 0 aromatic carbocycles. The van der Waals surface area contributed by atoms with Crippen LogP contribution in [0, 0.1) is 5.92 Å². The Morgan fingerprint density at radius 3 is 2.75 bits per heavy atom. The zero-order valence-corrected chi connectivity index (χ0v) is 10.6. The lowest BCUT2D eigenvalue weighted by atomic mass is 9.99. The van der Waals surface area contributed by atoms with Gasteiger partial charge in [0.15, 0.2) is 0 Å². The predicted octanol–water partition coefficient (Wildman–Crippen LogP) is 2.36. The van der Waals surface area contributed by atoms with Crippen LogP contribution in [-0.4, -0.2) is 23.0 Å². The molecule has 4 heteroatoms. The first-order chi connectivity index (χ1) is 7.69. The molecule has 90 valence electrons. The van der Waals surface area contributed by atoms with Crippen LogP contribution < -0.4 is 5.73 Å². The summed E-state index contributed by atoms with van der Waals surface area (Å²) in [6.07, 6.45) is 2.59. The molecule has 2 heterocycles. The Labute approximate surface area is 102 Å². The van der Waals surface area contributed by atoms with Gasteiger partial charge in [0.05, 0.1) is 0 Å². The maximum atomic E-state index is 6.13. The maximum absolute atomic E-state index is 6.13. The molecule has 16 heavy (non-hydrogen) atoms. The summed E-state index contributed by atoms with van der Waals surface area (Å²) in [5.41, 5.74) is 7.78. The molecule has 1 aliphatic rings. The van der Waals surface area contributed by atoms with Gasteiger partial charge in [0, 0.05) is 24.3 Å². The first-order valence-electron chi connectivity index (χ1n) is 5.97. The van der Waals surface area contributed by atoms with Crippen LogP contribution in [0.4, 0.5) is 0 Å². The zero-order valence-electron chi connectivity index (χ0n) is 9.80. The summed E-state index contributed by atoms with van der Waals surface area (Å²) in [5.74, 6) is 0.873. The number of likely N-dealkylation sites (tertiary alicyclic amines) is 1. The van der Waals surface area contributed by atoms with Crippen molar-refractivity contribution in [3.8, 4) is 0 Å². The van der Waals surface area contributed by atoms with E-state index < -0.39 is 0 Å². The van der Waals surface area contributed by atoms with Gasteiger partial charge in [-0.25, -0.2) is 0 Å². The van der Waals surface area contributed by atoms with Crippen molar-refractivity contribution in [2.45, 2.75) is 32.9 Å². The molecule has 1 aromatic heterocycles. The second kappa shape index (κ2) is 5.21. The van der Waals surface area contributed by atoms with Gasteiger partial charge >= 0.3 is 0 Å². The minimum Gasteiger partial charge on any atom is -0.348 e. The highest BCUT2D eigenvalue weighted by Crippen LogP contribution is 2.22. The fraction of sp³-hybridized carbons (Fsp3) is 0.667. The lowest BCUT2D eigenvalue weighted by molar-refractivity contribution is 0.185. The number of H-pyrrole nitrogens is 1. The number of nitrogens with zero attached hydrogens (tertiary/aromatic N) is 1. The lowest BCUT2D eigenvalue weighted by Crippen LogP contribution is -2.32. The third kappa shape index (κ3) is 2.78. The number of nitrogens with two attached hydrogens (primary N) is 1. The second-order valence-corrected chi connectivity index (χ2v) is 5.17. The number of hydrogen-bond donors (Lipinski definition) is 2. The monoisotopic (exact) mass is 241 g/mol. The summed E-state index contributed by atoms with van der Waals surface area (Å²) in [6.45, 7) is 6.16. The van der Waals surface area contributed by atoms with Gasteiger partial charge in [0.2, 0.25) is 0 Å². The lowest BCUT2D eigenvalue weighted by Gasteiger charge is -2.29. The van der Waals surface area contributed by atoms with E-state index in [0.717, 1.165) is 23.3 Å². The van der Waals surface area contributed by atoms with E-state index in [4.69, 9.17) is 17.3 Å². The Hall–Kier alpha value is -0.510. The van der Waals surface area contributed by atoms with Crippen LogP contribution in [0.15, 0.2) is 6.07 Å². The standard InChI is InChI=1S/C12H20ClN3/c1-9-2-4-16(5-3-9)8-10-6-11(7-14)15-12(10)13/h6,9,15H,2-5,7-8,14H2,1H3. The van der Waals surface area contributed by atoms with Gasteiger partial charge in [0.1, 0.15) is 5.15 Å². The number of halogens is 1. The van der Waals surface area contributed by atoms with Crippen molar-refractivity contribution < 1.29 is 0 Å². The van der Waals surface area contributed by atoms with E-state index in [2.05, 4.69) is 22.9 Å². The molecular weight excluding hydrogens is 222 g/mol. The third-order valence-electron chi connectivity index (χ3n) is 3.39. The highest BCUT2D eigenvalue weighted by Gasteiger charge is 2.17. The van der Waals surface area contributed by atoms with Crippen LogP contribution >= 0.6 is 11.6 Å². The molecule has 0 aliphatic carbocycles. The number of aromatic nitrogens is 1. The fourth-order valence-electron chi connectivity index (χ4n) is 2.22. The van der Waals surface area contributed by atoms with Crippen LogP contribution in [0.3, 0.4) is 0 Å². The van der Waals surface area contributed by atoms with Gasteiger partial charge in [-0.05, 0) is 37.9 Å². The molecule has 0 bridgehead atoms. The highest BCUT2D eigenvalue weighted by molar-refractivity contribution is 6.30. The van der Waals surface area contributed by atoms with Gasteiger partial charge in [-0.2, -0.15) is 0 Å². The van der Waals surface area contributed by atoms with Crippen molar-refractivity contribution in [3.63, 3.8) is 0 Å². The van der Waals surface area contributed by atoms with E-state index in [9.17, 15) is 0 Å². The maximum Gasteiger partial charge on any atom is 0.111 e. The second-order valence-electron chi connectivity index (χ2n) is 4.80. The van der Waals surface area contributed by atoms with Crippen LogP contribution in [0.1, 0.15) is 31.0 Å². The van der Waals surface area contributed by atoms with E-state index in [1.54, 1.807) is 0 Å². The minimum atomic E-state index is 0.525. The normalized spacial score (nSPS) is 19.2. The van der Waals surface area contributed by atoms with Crippen LogP contribution in [0.2, 0.25) is 5.15 Å². The number of piperidine rings is 1. The van der Waals surface area contributed by atoms with E-state index in [1.165, 1.54) is 31.5 Å². The first kappa shape index (κ1) is 12.0. The van der Waals surface area contributed by atoms with Gasteiger partial charge < -0.3 is 10.7 Å². The molecule has 1 saturated heterocycles. The predicted molar refractivity (Wildman–Crippen MR) is 67.4 cm³/mol. The number of aromatic amines is 1. The molecule has 2 rings (SSSR count). The Morgan fingerprint density at radius 1 is 1.50 bits per heavy atom. The fourth-order valence-corrected chi connectivity index (χ4v) is 2.45. The summed E-state index contributed by atoms with van der Waals surface area (Å²) in [6, 6.07) is 2.08. The van der Waals surface area contributed by atoms with E-state index in [1.807, 2.05) is 0 Å². The average Bonchev–Trinajstić information content (AvgIpc) is 2.63. The molecule has 0 unspecified atom stereocenters. The molecule has 0 saturated carbocycles. The smallest absolute Gasteiger partial charge is 0.111 e. The van der Waals surface area contributed by atoms with Gasteiger partial charge in [-0.1, -0.05) is 18.5 Å². The first-order valence-corrected chi connectivity index (χ1v) is 6.35. The van der Waals surface area contributed by atoms with E-state index >= 15 is 0 Å². The minimum absolute atomic E-state index is 0.525. The molecule has 1 fully saturated rings. The highest BCUT2D eigenvalue weighted by atomic mass is 35.5. The number of nitrogens with one attached hydrogen (secondary N) is 1. The van der Waals surface area contributed by atoms with Crippen LogP contribution in [-0.2, 0) is 13.1 Å². The molecule has 0 atom stereocenters. The SMILES string of the molecule is CC1CCN(Cc2cc(CN)[nH]c2Cl)CC1. The number of rotatable bonds is 3. The largest absolute Gasteiger partial charge is 0.348 e. The van der Waals surface area contributed by atoms with Gasteiger partial charge in [-0.3, -0.25) is 4.90 Å². The van der Waals surface area contributed by atoms with Crippen molar-refractivity contribution >= 4 is 11.6 Å². The summed E-state index contributed by atoms with van der Waals surface area (Å²) in [5, 5.41) is 0.749. The van der Waals surface area contributed by atoms with Crippen molar-refractivity contribution in [1.29, 1.82) is 0 Å². The van der Waals surface area contributed by atoms with E-state index in [0.29, 0.717) is 6.54 Å². The van der Waals surface area contributed by atoms with Crippen molar-refractivity contribution in [2.75, 3.05) is 13.1 Å². The van der Waals surface area contributed by atoms with Crippen molar-refractivity contribution in [2.24, 2.45) is 11.7 Å². The summed E-state index contributed by atoms with van der Waals surface area (Å²) < 4.78 is 0. The van der Waals surface area contributed by atoms with E-state index in [-0.39, 0.29) is 0 Å². The molecule has 1 aromatic rings. The summed E-state index contributed by atoms with van der Waals surface area (Å²) >= 11 is 6.13. The van der Waals surface area contributed by atoms with Crippen LogP contribution in [0.25, 0.3) is 0 Å². The summed E-state index contributed by atoms with van der Waals surface area (Å²) in [7, 11) is 0. The topological polar surface area (TPSA) is 45.0 Å². The average molecular weight is 242 g/mol. The summed E-state index contributed by atoms with van der Waals surface area (Å²) in [4.78, 5) is 5.57. The molecule has 3 N–H and O–H groups in total. The van der Waals surface area contributed by atoms with Gasteiger partial charge in [-0.15, -0.1) is 0 Å². The molecule has 0 amide bonds. The Kier molecular flexibility index (Phi) is 3.90. The molecular formula is C12H20ClN3. The number of hydrogen-bond acceptors (Lipinski definition) is 2. The molecule has 0 spiro atoms. The van der Waals surface area contributed by atoms with Gasteiger partial charge in [0.25, 0.3) is 0 Å².